The summed E-state index contributed by atoms with van der Waals surface area (Å²) in [5.74, 6) is -0.469. The lowest BCUT2D eigenvalue weighted by Gasteiger charge is -2.11. The van der Waals surface area contributed by atoms with Crippen molar-refractivity contribution < 1.29 is 12.8 Å². The Bertz CT molecular complexity index is 1920. The van der Waals surface area contributed by atoms with E-state index in [1.54, 1.807) is 30.6 Å². The highest BCUT2D eigenvalue weighted by atomic mass is 32.2. The molecule has 0 aliphatic heterocycles. The van der Waals surface area contributed by atoms with Gasteiger partial charge in [-0.25, -0.2) is 17.5 Å². The lowest BCUT2D eigenvalue weighted by Crippen LogP contribution is -2.21. The standard InChI is InChI=1S/C31H32FN7O2S/c1-6-7-25(22-8-20(10-24(32)11-22)15-35-42(5,40)41)26-12-29(36-19(26)2)31-27-13-28(34-17-30(27)37-38-31)23-9-21(14-33-16-23)18-39(3)4/h6-14,16-17,35-36H,1,15,18H2,2-5H3,(H,37,38)/b25-7-. The van der Waals surface area contributed by atoms with E-state index in [2.05, 4.69) is 47.4 Å². The number of nitrogens with one attached hydrogen (secondary N) is 3. The van der Waals surface area contributed by atoms with Gasteiger partial charge in [-0.05, 0) is 79.7 Å². The Labute approximate surface area is 244 Å². The maximum absolute atomic E-state index is 14.7. The average Bonchev–Trinajstić information content (AvgIpc) is 3.52. The molecule has 0 aliphatic rings. The van der Waals surface area contributed by atoms with E-state index in [0.29, 0.717) is 11.1 Å². The van der Waals surface area contributed by atoms with Gasteiger partial charge in [-0.1, -0.05) is 18.7 Å². The molecule has 5 rings (SSSR count). The van der Waals surface area contributed by atoms with Gasteiger partial charge in [0, 0.05) is 47.7 Å². The number of halogens is 1. The van der Waals surface area contributed by atoms with Crippen LogP contribution in [0.25, 0.3) is 39.1 Å². The summed E-state index contributed by atoms with van der Waals surface area (Å²) in [5.41, 5.74) is 8.58. The molecule has 0 saturated heterocycles. The van der Waals surface area contributed by atoms with Crippen molar-refractivity contribution in [1.82, 2.24) is 34.8 Å². The van der Waals surface area contributed by atoms with Crippen LogP contribution >= 0.6 is 0 Å². The number of aryl methyl sites for hydroxylation is 1. The summed E-state index contributed by atoms with van der Waals surface area (Å²) in [6.45, 7) is 6.53. The van der Waals surface area contributed by atoms with Gasteiger partial charge in [-0.3, -0.25) is 15.1 Å². The minimum absolute atomic E-state index is 0.0223. The van der Waals surface area contributed by atoms with Gasteiger partial charge in [-0.15, -0.1) is 0 Å². The molecule has 1 aromatic carbocycles. The first-order chi connectivity index (χ1) is 20.0. The van der Waals surface area contributed by atoms with Crippen LogP contribution in [0.5, 0.6) is 0 Å². The van der Waals surface area contributed by atoms with Crippen LogP contribution in [0.2, 0.25) is 0 Å². The molecule has 3 N–H and O–H groups in total. The Balaban J connectivity index is 1.53. The maximum atomic E-state index is 14.7. The third-order valence-corrected chi connectivity index (χ3v) is 7.36. The Morgan fingerprint density at radius 2 is 1.90 bits per heavy atom. The maximum Gasteiger partial charge on any atom is 0.209 e. The van der Waals surface area contributed by atoms with Crippen molar-refractivity contribution in [3.05, 3.63) is 107 Å². The van der Waals surface area contributed by atoms with E-state index in [1.807, 2.05) is 39.3 Å². The van der Waals surface area contributed by atoms with E-state index in [-0.39, 0.29) is 6.54 Å². The summed E-state index contributed by atoms with van der Waals surface area (Å²) in [4.78, 5) is 14.6. The Morgan fingerprint density at radius 1 is 1.10 bits per heavy atom. The number of H-pyrrole nitrogens is 2. The second kappa shape index (κ2) is 11.8. The summed E-state index contributed by atoms with van der Waals surface area (Å²) in [6, 6.07) is 10.6. The molecule has 0 aliphatic carbocycles. The number of fused-ring (bicyclic) bond motifs is 1. The number of rotatable bonds is 10. The number of sulfonamides is 1. The highest BCUT2D eigenvalue weighted by Crippen LogP contribution is 2.34. The molecule has 0 atom stereocenters. The van der Waals surface area contributed by atoms with Crippen LogP contribution in [0.3, 0.4) is 0 Å². The number of aromatic nitrogens is 5. The molecule has 42 heavy (non-hydrogen) atoms. The third kappa shape index (κ3) is 6.54. The minimum Gasteiger partial charge on any atom is -0.357 e. The van der Waals surface area contributed by atoms with Gasteiger partial charge in [-0.2, -0.15) is 5.10 Å². The van der Waals surface area contributed by atoms with E-state index >= 15 is 0 Å². The largest absolute Gasteiger partial charge is 0.357 e. The summed E-state index contributed by atoms with van der Waals surface area (Å²) >= 11 is 0. The molecule has 0 spiro atoms. The number of hydrogen-bond acceptors (Lipinski definition) is 6. The van der Waals surface area contributed by atoms with Gasteiger partial charge in [0.15, 0.2) is 0 Å². The van der Waals surface area contributed by atoms with Crippen LogP contribution in [-0.4, -0.2) is 58.8 Å². The summed E-state index contributed by atoms with van der Waals surface area (Å²) < 4.78 is 40.3. The number of allylic oxidation sites excluding steroid dienone is 2. The highest BCUT2D eigenvalue weighted by molar-refractivity contribution is 7.88. The molecular weight excluding hydrogens is 553 g/mol. The van der Waals surface area contributed by atoms with Crippen LogP contribution < -0.4 is 4.72 Å². The monoisotopic (exact) mass is 585 g/mol. The molecular formula is C31H32FN7O2S. The van der Waals surface area contributed by atoms with E-state index in [1.165, 1.54) is 12.1 Å². The van der Waals surface area contributed by atoms with Crippen molar-refractivity contribution in [1.29, 1.82) is 0 Å². The molecule has 0 unspecified atom stereocenters. The van der Waals surface area contributed by atoms with E-state index in [9.17, 15) is 12.8 Å². The van der Waals surface area contributed by atoms with Gasteiger partial charge in [0.1, 0.15) is 11.5 Å². The molecule has 0 saturated carbocycles. The van der Waals surface area contributed by atoms with Crippen LogP contribution in [-0.2, 0) is 23.1 Å². The first kappa shape index (κ1) is 29.1. The van der Waals surface area contributed by atoms with Crippen molar-refractivity contribution in [2.45, 2.75) is 20.0 Å². The van der Waals surface area contributed by atoms with Crippen LogP contribution in [0, 0.1) is 12.7 Å². The van der Waals surface area contributed by atoms with Gasteiger partial charge in [0.05, 0.1) is 29.4 Å². The predicted octanol–water partition coefficient (Wildman–Crippen LogP) is 5.19. The van der Waals surface area contributed by atoms with Crippen LogP contribution in [0.15, 0.2) is 73.7 Å². The Kier molecular flexibility index (Phi) is 8.17. The quantitative estimate of drug-likeness (QED) is 0.194. The van der Waals surface area contributed by atoms with Crippen LogP contribution in [0.1, 0.15) is 27.9 Å². The normalized spacial score (nSPS) is 12.4. The topological polar surface area (TPSA) is 120 Å². The van der Waals surface area contributed by atoms with Gasteiger partial charge >= 0.3 is 0 Å². The second-order valence-electron chi connectivity index (χ2n) is 10.5. The van der Waals surface area contributed by atoms with Crippen molar-refractivity contribution in [2.24, 2.45) is 0 Å². The first-order valence-corrected chi connectivity index (χ1v) is 15.1. The molecule has 0 amide bonds. The zero-order valence-electron chi connectivity index (χ0n) is 23.9. The van der Waals surface area contributed by atoms with E-state index in [4.69, 9.17) is 0 Å². The number of hydrogen-bond donors (Lipinski definition) is 3. The van der Waals surface area contributed by atoms with Gasteiger partial charge in [0.25, 0.3) is 0 Å². The molecule has 0 bridgehead atoms. The number of aromatic amines is 2. The highest BCUT2D eigenvalue weighted by Gasteiger charge is 2.18. The molecule has 4 heterocycles. The molecule has 216 valence electrons. The zero-order valence-corrected chi connectivity index (χ0v) is 24.7. The van der Waals surface area contributed by atoms with Crippen molar-refractivity contribution in [3.8, 4) is 22.6 Å². The molecule has 0 radical (unpaired) electrons. The van der Waals surface area contributed by atoms with Crippen molar-refractivity contribution >= 4 is 26.5 Å². The fraction of sp³-hybridized carbons (Fsp3) is 0.194. The van der Waals surface area contributed by atoms with Crippen LogP contribution in [0.4, 0.5) is 4.39 Å². The Hall–Kier alpha value is -4.45. The minimum atomic E-state index is -3.43. The van der Waals surface area contributed by atoms with Gasteiger partial charge < -0.3 is 9.88 Å². The first-order valence-electron chi connectivity index (χ1n) is 13.2. The average molecular weight is 586 g/mol. The summed E-state index contributed by atoms with van der Waals surface area (Å²) in [7, 11) is 0.596. The second-order valence-corrected chi connectivity index (χ2v) is 12.3. The number of pyridine rings is 2. The summed E-state index contributed by atoms with van der Waals surface area (Å²) in [5, 5.41) is 8.54. The predicted molar refractivity (Wildman–Crippen MR) is 164 cm³/mol. The number of nitrogens with zero attached hydrogens (tertiary/aromatic N) is 4. The van der Waals surface area contributed by atoms with E-state index < -0.39 is 15.8 Å². The fourth-order valence-electron chi connectivity index (χ4n) is 4.91. The van der Waals surface area contributed by atoms with Crippen molar-refractivity contribution in [2.75, 3.05) is 20.4 Å². The molecule has 9 nitrogen and oxygen atoms in total. The molecule has 5 aromatic rings. The zero-order chi connectivity index (χ0) is 30.0. The molecule has 4 aromatic heterocycles. The smallest absolute Gasteiger partial charge is 0.209 e. The lowest BCUT2D eigenvalue weighted by molar-refractivity contribution is 0.402. The van der Waals surface area contributed by atoms with Gasteiger partial charge in [0.2, 0.25) is 10.0 Å². The Morgan fingerprint density at radius 3 is 2.64 bits per heavy atom. The lowest BCUT2D eigenvalue weighted by atomic mass is 9.95. The number of benzene rings is 1. The SMILES string of the molecule is C=C/C=C(/c1cc(F)cc(CNS(C)(=O)=O)c1)c1cc(-c2n[nH]c3cnc(-c4cncc(CN(C)C)c4)cc23)[nH]c1C. The molecule has 0 fully saturated rings. The summed E-state index contributed by atoms with van der Waals surface area (Å²) in [6.07, 6.45) is 9.93. The van der Waals surface area contributed by atoms with Crippen molar-refractivity contribution in [3.63, 3.8) is 0 Å². The molecule has 11 heteroatoms. The van der Waals surface area contributed by atoms with E-state index in [0.717, 1.165) is 68.7 Å². The third-order valence-electron chi connectivity index (χ3n) is 6.69. The fourth-order valence-corrected chi connectivity index (χ4v) is 5.34.